The molecule has 0 saturated heterocycles. The molecule has 2 heterocycles. The second kappa shape index (κ2) is 8.60. The average molecular weight is 478 g/mol. The highest BCUT2D eigenvalue weighted by molar-refractivity contribution is 6.30. The second-order valence-electron chi connectivity index (χ2n) is 7.67. The number of amides is 1. The van der Waals surface area contributed by atoms with E-state index < -0.39 is 17.4 Å². The fourth-order valence-electron chi connectivity index (χ4n) is 3.76. The smallest absolute Gasteiger partial charge is 0.324 e. The minimum Gasteiger partial charge on any atom is -0.324 e. The van der Waals surface area contributed by atoms with Crippen molar-refractivity contribution >= 4 is 39.9 Å². The normalized spacial score (nSPS) is 11.2. The topological polar surface area (TPSA) is 90.4 Å². The number of nitrogens with zero attached hydrogens (tertiary/aromatic N) is 4. The Hall–Kier alpha value is -4.24. The Bertz CT molecular complexity index is 1650. The van der Waals surface area contributed by atoms with Crippen LogP contribution < -0.4 is 16.6 Å². The zero-order valence-electron chi connectivity index (χ0n) is 17.6. The Balaban J connectivity index is 1.60. The number of nitrogens with one attached hydrogen (secondary N) is 1. The largest absolute Gasteiger partial charge is 0.352 e. The van der Waals surface area contributed by atoms with Gasteiger partial charge in [-0.15, -0.1) is 5.10 Å². The third-order valence-electron chi connectivity index (χ3n) is 5.36. The number of fused-ring (bicyclic) bond motifs is 3. The number of benzene rings is 3. The van der Waals surface area contributed by atoms with E-state index in [0.717, 1.165) is 4.68 Å². The van der Waals surface area contributed by atoms with Gasteiger partial charge in [0.05, 0.1) is 17.4 Å². The van der Waals surface area contributed by atoms with Crippen molar-refractivity contribution < 1.29 is 9.18 Å². The van der Waals surface area contributed by atoms with E-state index in [1.165, 1.54) is 21.1 Å². The molecule has 1 N–H and O–H groups in total. The van der Waals surface area contributed by atoms with Crippen LogP contribution in [0, 0.1) is 5.82 Å². The zero-order valence-corrected chi connectivity index (χ0v) is 18.4. The van der Waals surface area contributed by atoms with Crippen molar-refractivity contribution in [1.82, 2.24) is 18.7 Å². The molecule has 34 heavy (non-hydrogen) atoms. The van der Waals surface area contributed by atoms with Crippen molar-refractivity contribution in [3.63, 3.8) is 0 Å². The highest BCUT2D eigenvalue weighted by atomic mass is 35.5. The molecule has 1 amide bonds. The van der Waals surface area contributed by atoms with Crippen LogP contribution in [0.5, 0.6) is 0 Å². The molecule has 0 saturated carbocycles. The van der Waals surface area contributed by atoms with E-state index in [4.69, 9.17) is 11.6 Å². The monoisotopic (exact) mass is 477 g/mol. The van der Waals surface area contributed by atoms with Crippen LogP contribution in [0.3, 0.4) is 0 Å². The van der Waals surface area contributed by atoms with Gasteiger partial charge in [0.25, 0.3) is 5.56 Å². The van der Waals surface area contributed by atoms with Gasteiger partial charge in [0.1, 0.15) is 12.4 Å². The van der Waals surface area contributed by atoms with Gasteiger partial charge in [-0.25, -0.2) is 18.3 Å². The van der Waals surface area contributed by atoms with Gasteiger partial charge in [0.2, 0.25) is 11.7 Å². The molecule has 5 aromatic rings. The average Bonchev–Trinajstić information content (AvgIpc) is 3.15. The molecule has 5 rings (SSSR count). The summed E-state index contributed by atoms with van der Waals surface area (Å²) in [5.41, 5.74) is 0.640. The summed E-state index contributed by atoms with van der Waals surface area (Å²) in [6.07, 6.45) is 0. The first kappa shape index (κ1) is 21.6. The van der Waals surface area contributed by atoms with Crippen molar-refractivity contribution in [2.24, 2.45) is 0 Å². The van der Waals surface area contributed by atoms with E-state index in [0.29, 0.717) is 27.2 Å². The third-order valence-corrected chi connectivity index (χ3v) is 5.61. The second-order valence-corrected chi connectivity index (χ2v) is 8.10. The van der Waals surface area contributed by atoms with Gasteiger partial charge < -0.3 is 5.32 Å². The van der Waals surface area contributed by atoms with Gasteiger partial charge in [-0.1, -0.05) is 35.9 Å². The number of carbonyl (C=O) groups excluding carboxylic acids is 1. The van der Waals surface area contributed by atoms with Crippen molar-refractivity contribution in [2.75, 3.05) is 5.32 Å². The van der Waals surface area contributed by atoms with Crippen LogP contribution in [0.25, 0.3) is 16.7 Å². The van der Waals surface area contributed by atoms with Gasteiger partial charge in [0, 0.05) is 10.7 Å². The Morgan fingerprint density at radius 1 is 0.971 bits per heavy atom. The highest BCUT2D eigenvalue weighted by Crippen LogP contribution is 2.14. The van der Waals surface area contributed by atoms with E-state index in [-0.39, 0.29) is 24.4 Å². The maximum Gasteiger partial charge on any atom is 0.352 e. The van der Waals surface area contributed by atoms with E-state index in [2.05, 4.69) is 10.4 Å². The van der Waals surface area contributed by atoms with Gasteiger partial charge >= 0.3 is 5.69 Å². The molecule has 10 heteroatoms. The molecule has 0 aliphatic heterocycles. The number of anilines is 1. The summed E-state index contributed by atoms with van der Waals surface area (Å²) in [5.74, 6) is -0.783. The van der Waals surface area contributed by atoms with E-state index in [9.17, 15) is 18.8 Å². The van der Waals surface area contributed by atoms with Crippen LogP contribution in [0.2, 0.25) is 5.02 Å². The lowest BCUT2D eigenvalue weighted by molar-refractivity contribution is -0.117. The van der Waals surface area contributed by atoms with Crippen molar-refractivity contribution in [2.45, 2.75) is 13.1 Å². The van der Waals surface area contributed by atoms with E-state index in [1.54, 1.807) is 60.7 Å². The summed E-state index contributed by atoms with van der Waals surface area (Å²) in [6.45, 7) is -0.289. The lowest BCUT2D eigenvalue weighted by Crippen LogP contribution is -2.29. The van der Waals surface area contributed by atoms with E-state index >= 15 is 0 Å². The van der Waals surface area contributed by atoms with Gasteiger partial charge in [-0.2, -0.15) is 0 Å². The first-order chi connectivity index (χ1) is 16.4. The lowest BCUT2D eigenvalue weighted by Gasteiger charge is -2.09. The standard InChI is InChI=1S/C24H17ClFN5O3/c25-16-7-11-18(12-8-16)27-21(32)14-30-24(34)31-20-4-2-1-3-19(20)22(33)29(23(31)28-30)13-15-5-9-17(26)10-6-15/h1-12H,13-14H2,(H,27,32). The Morgan fingerprint density at radius 2 is 1.68 bits per heavy atom. The van der Waals surface area contributed by atoms with Crippen LogP contribution in [-0.2, 0) is 17.9 Å². The summed E-state index contributed by atoms with van der Waals surface area (Å²) in [6, 6.07) is 18.9. The van der Waals surface area contributed by atoms with Crippen LogP contribution in [0.1, 0.15) is 5.56 Å². The first-order valence-corrected chi connectivity index (χ1v) is 10.7. The van der Waals surface area contributed by atoms with E-state index in [1.807, 2.05) is 0 Å². The molecule has 0 bridgehead atoms. The fourth-order valence-corrected chi connectivity index (χ4v) is 3.88. The Kier molecular flexibility index (Phi) is 5.46. The maximum absolute atomic E-state index is 13.3. The maximum atomic E-state index is 13.3. The zero-order chi connectivity index (χ0) is 23.8. The SMILES string of the molecule is O=C(Cn1nc2n(Cc3ccc(F)cc3)c(=O)c3ccccc3n2c1=O)Nc1ccc(Cl)cc1. The summed E-state index contributed by atoms with van der Waals surface area (Å²) in [5, 5.41) is 7.85. The highest BCUT2D eigenvalue weighted by Gasteiger charge is 2.19. The molecule has 0 spiro atoms. The number of para-hydroxylation sites is 1. The van der Waals surface area contributed by atoms with Crippen LogP contribution in [0.4, 0.5) is 10.1 Å². The van der Waals surface area contributed by atoms with Crippen molar-refractivity contribution in [1.29, 1.82) is 0 Å². The molecule has 0 aliphatic rings. The molecular formula is C24H17ClFN5O3. The minimum absolute atomic E-state index is 0.0703. The lowest BCUT2D eigenvalue weighted by atomic mass is 10.2. The fraction of sp³-hybridized carbons (Fsp3) is 0.0833. The molecule has 0 unspecified atom stereocenters. The predicted octanol–water partition coefficient (Wildman–Crippen LogP) is 3.29. The summed E-state index contributed by atoms with van der Waals surface area (Å²) in [7, 11) is 0. The number of hydrogen-bond donors (Lipinski definition) is 1. The Labute approximate surface area is 196 Å². The number of hydrogen-bond acceptors (Lipinski definition) is 4. The van der Waals surface area contributed by atoms with Crippen LogP contribution >= 0.6 is 11.6 Å². The molecule has 0 fully saturated rings. The minimum atomic E-state index is -0.565. The quantitative estimate of drug-likeness (QED) is 0.420. The molecular weight excluding hydrogens is 461 g/mol. The summed E-state index contributed by atoms with van der Waals surface area (Å²) < 4.78 is 17.0. The molecule has 170 valence electrons. The van der Waals surface area contributed by atoms with Gasteiger partial charge in [-0.3, -0.25) is 14.2 Å². The number of aromatic nitrogens is 4. The molecule has 8 nitrogen and oxygen atoms in total. The van der Waals surface area contributed by atoms with Gasteiger partial charge in [0.15, 0.2) is 0 Å². The molecule has 2 aromatic heterocycles. The van der Waals surface area contributed by atoms with Crippen LogP contribution in [0.15, 0.2) is 82.4 Å². The summed E-state index contributed by atoms with van der Waals surface area (Å²) in [4.78, 5) is 39.1. The molecule has 3 aromatic carbocycles. The number of halogens is 2. The molecule has 0 radical (unpaired) electrons. The van der Waals surface area contributed by atoms with Crippen molar-refractivity contribution in [3.05, 3.63) is 110 Å². The van der Waals surface area contributed by atoms with Crippen LogP contribution in [-0.4, -0.2) is 24.7 Å². The predicted molar refractivity (Wildman–Crippen MR) is 127 cm³/mol. The molecule has 0 atom stereocenters. The Morgan fingerprint density at radius 3 is 2.41 bits per heavy atom. The first-order valence-electron chi connectivity index (χ1n) is 10.3. The third kappa shape index (κ3) is 3.97. The summed E-state index contributed by atoms with van der Waals surface area (Å²) >= 11 is 5.87. The van der Waals surface area contributed by atoms with Gasteiger partial charge in [-0.05, 0) is 54.1 Å². The van der Waals surface area contributed by atoms with Crippen molar-refractivity contribution in [3.8, 4) is 0 Å². The molecule has 0 aliphatic carbocycles. The number of rotatable bonds is 5. The number of carbonyl (C=O) groups is 1.